The second-order valence-electron chi connectivity index (χ2n) is 6.33. The molecule has 1 aromatic rings. The Morgan fingerprint density at radius 3 is 2.96 bits per heavy atom. The van der Waals surface area contributed by atoms with E-state index in [-0.39, 0.29) is 18.5 Å². The Kier molecular flexibility index (Phi) is 8.39. The van der Waals surface area contributed by atoms with E-state index in [2.05, 4.69) is 31.9 Å². The molecule has 1 aliphatic heterocycles. The number of hydrogen-bond acceptors (Lipinski definition) is 5. The van der Waals surface area contributed by atoms with Gasteiger partial charge in [-0.1, -0.05) is 12.1 Å². The molecule has 0 spiro atoms. The molecule has 0 aliphatic carbocycles. The lowest BCUT2D eigenvalue weighted by Crippen LogP contribution is -2.52. The van der Waals surface area contributed by atoms with Gasteiger partial charge in [0.1, 0.15) is 6.07 Å². The highest BCUT2D eigenvalue weighted by atomic mass is 16.5. The molecule has 0 radical (unpaired) electrons. The van der Waals surface area contributed by atoms with Crippen LogP contribution in [0.2, 0.25) is 0 Å². The molecule has 3 N–H and O–H groups in total. The van der Waals surface area contributed by atoms with Gasteiger partial charge in [0, 0.05) is 39.8 Å². The molecule has 146 valence electrons. The number of guanidine groups is 1. The summed E-state index contributed by atoms with van der Waals surface area (Å²) in [6, 6.07) is 10.1. The number of amides is 1. The predicted molar refractivity (Wildman–Crippen MR) is 106 cm³/mol. The van der Waals surface area contributed by atoms with Crippen LogP contribution in [-0.2, 0) is 9.53 Å². The van der Waals surface area contributed by atoms with E-state index in [1.165, 1.54) is 0 Å². The first kappa shape index (κ1) is 20.5. The van der Waals surface area contributed by atoms with Crippen molar-refractivity contribution in [2.45, 2.75) is 18.9 Å². The topological polar surface area (TPSA) is 102 Å². The van der Waals surface area contributed by atoms with E-state index in [0.717, 1.165) is 31.6 Å². The summed E-state index contributed by atoms with van der Waals surface area (Å²) in [4.78, 5) is 18.2. The van der Waals surface area contributed by atoms with Gasteiger partial charge in [0.15, 0.2) is 5.96 Å². The summed E-state index contributed by atoms with van der Waals surface area (Å²) in [5.41, 5.74) is 1.65. The lowest BCUT2D eigenvalue weighted by Gasteiger charge is -2.35. The van der Waals surface area contributed by atoms with Crippen molar-refractivity contribution in [2.75, 3.05) is 51.8 Å². The minimum Gasteiger partial charge on any atom is -0.383 e. The molecular formula is C19H28N6O2. The molecule has 1 heterocycles. The van der Waals surface area contributed by atoms with Gasteiger partial charge in [-0.3, -0.25) is 9.79 Å². The zero-order valence-electron chi connectivity index (χ0n) is 16.0. The lowest BCUT2D eigenvalue weighted by atomic mass is 10.0. The third kappa shape index (κ3) is 6.46. The van der Waals surface area contributed by atoms with Gasteiger partial charge >= 0.3 is 0 Å². The number of rotatable bonds is 7. The average molecular weight is 372 g/mol. The van der Waals surface area contributed by atoms with Crippen molar-refractivity contribution in [1.29, 1.82) is 5.26 Å². The van der Waals surface area contributed by atoms with Crippen molar-refractivity contribution in [2.24, 2.45) is 4.99 Å². The number of hydrogen-bond donors (Lipinski definition) is 3. The molecule has 8 heteroatoms. The molecule has 0 aromatic heterocycles. The fourth-order valence-electron chi connectivity index (χ4n) is 3.06. The molecule has 2 rings (SSSR count). The highest BCUT2D eigenvalue weighted by Gasteiger charge is 2.22. The molecule has 1 aromatic carbocycles. The van der Waals surface area contributed by atoms with E-state index in [0.29, 0.717) is 24.7 Å². The fraction of sp³-hybridized carbons (Fsp3) is 0.526. The fourth-order valence-corrected chi connectivity index (χ4v) is 3.06. The molecule has 1 fully saturated rings. The van der Waals surface area contributed by atoms with E-state index in [4.69, 9.17) is 4.74 Å². The van der Waals surface area contributed by atoms with Crippen molar-refractivity contribution in [3.63, 3.8) is 0 Å². The van der Waals surface area contributed by atoms with Gasteiger partial charge < -0.3 is 25.6 Å². The number of piperidine rings is 1. The Bertz CT molecular complexity index is 685. The van der Waals surface area contributed by atoms with Crippen molar-refractivity contribution in [3.05, 3.63) is 29.8 Å². The number of anilines is 1. The Labute approximate surface area is 160 Å². The smallest absolute Gasteiger partial charge is 0.239 e. The number of benzene rings is 1. The van der Waals surface area contributed by atoms with Crippen molar-refractivity contribution in [3.8, 4) is 6.07 Å². The van der Waals surface area contributed by atoms with Crippen LogP contribution >= 0.6 is 0 Å². The second-order valence-corrected chi connectivity index (χ2v) is 6.33. The zero-order chi connectivity index (χ0) is 19.5. The molecule has 1 atom stereocenters. The molecule has 1 amide bonds. The highest BCUT2D eigenvalue weighted by molar-refractivity contribution is 5.86. The van der Waals surface area contributed by atoms with Crippen molar-refractivity contribution < 1.29 is 9.53 Å². The van der Waals surface area contributed by atoms with Crippen LogP contribution in [0.25, 0.3) is 0 Å². The summed E-state index contributed by atoms with van der Waals surface area (Å²) in [5, 5.41) is 18.5. The van der Waals surface area contributed by atoms with E-state index < -0.39 is 0 Å². The van der Waals surface area contributed by atoms with Gasteiger partial charge in [-0.05, 0) is 25.0 Å². The number of nitrogens with zero attached hydrogens (tertiary/aromatic N) is 3. The number of methoxy groups -OCH3 is 1. The van der Waals surface area contributed by atoms with Crippen LogP contribution in [0, 0.1) is 11.3 Å². The van der Waals surface area contributed by atoms with Crippen LogP contribution in [0.15, 0.2) is 29.3 Å². The van der Waals surface area contributed by atoms with Gasteiger partial charge in [0.05, 0.1) is 24.4 Å². The van der Waals surface area contributed by atoms with Crippen LogP contribution in [0.4, 0.5) is 5.69 Å². The molecule has 1 aliphatic rings. The van der Waals surface area contributed by atoms with E-state index in [1.54, 1.807) is 14.2 Å². The molecule has 1 saturated heterocycles. The number of ether oxygens (including phenoxy) is 1. The highest BCUT2D eigenvalue weighted by Crippen LogP contribution is 2.23. The Hall–Kier alpha value is -2.79. The molecule has 0 bridgehead atoms. The SMILES string of the molecule is CN=C(NCC(=O)NCCOC)NC1CCCN(c2ccccc2C#N)C1. The number of carbonyl (C=O) groups excluding carboxylic acids is 1. The monoisotopic (exact) mass is 372 g/mol. The Balaban J connectivity index is 1.86. The van der Waals surface area contributed by atoms with E-state index in [9.17, 15) is 10.1 Å². The van der Waals surface area contributed by atoms with E-state index >= 15 is 0 Å². The normalized spacial score (nSPS) is 17.1. The van der Waals surface area contributed by atoms with Crippen LogP contribution in [0.3, 0.4) is 0 Å². The summed E-state index contributed by atoms with van der Waals surface area (Å²) in [6.45, 7) is 2.82. The first-order valence-electron chi connectivity index (χ1n) is 9.14. The maximum absolute atomic E-state index is 11.8. The van der Waals surface area contributed by atoms with Crippen LogP contribution in [0.5, 0.6) is 0 Å². The van der Waals surface area contributed by atoms with Crippen LogP contribution in [-0.4, -0.2) is 64.9 Å². The molecule has 0 saturated carbocycles. The molecule has 27 heavy (non-hydrogen) atoms. The minimum atomic E-state index is -0.108. The zero-order valence-corrected chi connectivity index (χ0v) is 16.0. The standard InChI is InChI=1S/C19H28N6O2/c1-21-19(23-13-18(26)22-9-11-27-2)24-16-7-5-10-25(14-16)17-8-4-3-6-15(17)12-20/h3-4,6,8,16H,5,7,9-11,13-14H2,1-2H3,(H,22,26)(H2,21,23,24). The summed E-state index contributed by atoms with van der Waals surface area (Å²) in [5.74, 6) is 0.487. The predicted octanol–water partition coefficient (Wildman–Crippen LogP) is 0.455. The first-order chi connectivity index (χ1) is 13.2. The molecule has 1 unspecified atom stereocenters. The summed E-state index contributed by atoms with van der Waals surface area (Å²) in [7, 11) is 3.28. The van der Waals surface area contributed by atoms with Gasteiger partial charge in [-0.2, -0.15) is 5.26 Å². The summed E-state index contributed by atoms with van der Waals surface area (Å²) < 4.78 is 4.91. The Morgan fingerprint density at radius 1 is 1.41 bits per heavy atom. The van der Waals surface area contributed by atoms with Gasteiger partial charge in [-0.15, -0.1) is 0 Å². The van der Waals surface area contributed by atoms with Crippen LogP contribution < -0.4 is 20.9 Å². The van der Waals surface area contributed by atoms with Crippen molar-refractivity contribution >= 4 is 17.6 Å². The van der Waals surface area contributed by atoms with Gasteiger partial charge in [-0.25, -0.2) is 0 Å². The number of aliphatic imine (C=N–C) groups is 1. The maximum Gasteiger partial charge on any atom is 0.239 e. The first-order valence-corrected chi connectivity index (χ1v) is 9.14. The van der Waals surface area contributed by atoms with Crippen molar-refractivity contribution in [1.82, 2.24) is 16.0 Å². The largest absolute Gasteiger partial charge is 0.383 e. The maximum atomic E-state index is 11.8. The number of nitrogens with one attached hydrogen (secondary N) is 3. The summed E-state index contributed by atoms with van der Waals surface area (Å²) in [6.07, 6.45) is 2.03. The molecule has 8 nitrogen and oxygen atoms in total. The van der Waals surface area contributed by atoms with Gasteiger partial charge in [0.25, 0.3) is 0 Å². The molecular weight excluding hydrogens is 344 g/mol. The third-order valence-corrected chi connectivity index (χ3v) is 4.40. The van der Waals surface area contributed by atoms with E-state index in [1.807, 2.05) is 24.3 Å². The minimum absolute atomic E-state index is 0.108. The van der Waals surface area contributed by atoms with Gasteiger partial charge in [0.2, 0.25) is 5.91 Å². The van der Waals surface area contributed by atoms with Crippen LogP contribution in [0.1, 0.15) is 18.4 Å². The number of para-hydroxylation sites is 1. The Morgan fingerprint density at radius 2 is 2.22 bits per heavy atom. The second kappa shape index (κ2) is 11.0. The lowest BCUT2D eigenvalue weighted by molar-refractivity contribution is -0.120. The summed E-state index contributed by atoms with van der Waals surface area (Å²) >= 11 is 0. The number of nitriles is 1. The third-order valence-electron chi connectivity index (χ3n) is 4.40. The number of carbonyl (C=O) groups is 1. The quantitative estimate of drug-likeness (QED) is 0.365. The average Bonchev–Trinajstić information content (AvgIpc) is 2.71.